The van der Waals surface area contributed by atoms with E-state index in [0.29, 0.717) is 24.5 Å². The van der Waals surface area contributed by atoms with Crippen LogP contribution in [0.4, 0.5) is 17.1 Å². The van der Waals surface area contributed by atoms with Gasteiger partial charge in [0.05, 0.1) is 17.2 Å². The van der Waals surface area contributed by atoms with Crippen molar-refractivity contribution in [2.45, 2.75) is 0 Å². The molecule has 0 radical (unpaired) electrons. The highest BCUT2D eigenvalue weighted by atomic mass is 16.6. The number of hydrogen-bond acceptors (Lipinski definition) is 7. The minimum atomic E-state index is -0.529. The van der Waals surface area contributed by atoms with Crippen LogP contribution in [-0.4, -0.2) is 45.9 Å². The second-order valence-corrected chi connectivity index (χ2v) is 5.75. The Bertz CT molecular complexity index is 957. The number of carbonyl (C=O) groups excluding carboxylic acids is 1. The Morgan fingerprint density at radius 3 is 2.68 bits per heavy atom. The number of benzene rings is 2. The van der Waals surface area contributed by atoms with Gasteiger partial charge in [-0.05, 0) is 36.4 Å². The predicted molar refractivity (Wildman–Crippen MR) is 103 cm³/mol. The van der Waals surface area contributed by atoms with Crippen LogP contribution in [0.25, 0.3) is 5.69 Å². The lowest BCUT2D eigenvalue weighted by molar-refractivity contribution is -0.384. The van der Waals surface area contributed by atoms with Gasteiger partial charge in [-0.3, -0.25) is 14.9 Å². The molecule has 0 aliphatic rings. The number of nitro benzene ring substituents is 1. The van der Waals surface area contributed by atoms with Crippen molar-refractivity contribution in [3.05, 3.63) is 70.8 Å². The molecule has 2 aromatic carbocycles. The van der Waals surface area contributed by atoms with Crippen LogP contribution in [0.15, 0.2) is 55.1 Å². The lowest BCUT2D eigenvalue weighted by Crippen LogP contribution is -2.13. The molecule has 144 valence electrons. The average Bonchev–Trinajstić information content (AvgIpc) is 3.23. The number of amides is 1. The molecule has 10 nitrogen and oxygen atoms in total. The van der Waals surface area contributed by atoms with Crippen LogP contribution >= 0.6 is 0 Å². The molecule has 0 aliphatic heterocycles. The monoisotopic (exact) mass is 382 g/mol. The summed E-state index contributed by atoms with van der Waals surface area (Å²) in [5.74, 6) is -0.444. The second kappa shape index (κ2) is 8.73. The van der Waals surface area contributed by atoms with Crippen LogP contribution in [0.3, 0.4) is 0 Å². The maximum atomic E-state index is 12.5. The van der Waals surface area contributed by atoms with Crippen LogP contribution in [0.1, 0.15) is 10.4 Å². The number of anilines is 2. The minimum absolute atomic E-state index is 0.176. The van der Waals surface area contributed by atoms with Crippen LogP contribution < -0.4 is 10.6 Å². The lowest BCUT2D eigenvalue weighted by atomic mass is 10.1. The molecular weight excluding hydrogens is 364 g/mol. The molecule has 0 saturated carbocycles. The average molecular weight is 382 g/mol. The number of rotatable bonds is 8. The molecule has 0 fully saturated rings. The Balaban J connectivity index is 1.73. The fourth-order valence-corrected chi connectivity index (χ4v) is 2.50. The highest BCUT2D eigenvalue weighted by Gasteiger charge is 2.17. The number of ether oxygens (including phenoxy) is 1. The first-order valence-corrected chi connectivity index (χ1v) is 8.36. The molecule has 3 rings (SSSR count). The molecule has 2 N–H and O–H groups in total. The van der Waals surface area contributed by atoms with Crippen molar-refractivity contribution in [3.63, 3.8) is 0 Å². The third-order valence-electron chi connectivity index (χ3n) is 3.89. The summed E-state index contributed by atoms with van der Waals surface area (Å²) in [6.45, 7) is 0.824. The summed E-state index contributed by atoms with van der Waals surface area (Å²) < 4.78 is 6.51. The van der Waals surface area contributed by atoms with E-state index in [1.54, 1.807) is 42.4 Å². The number of nitro groups is 1. The number of methoxy groups -OCH3 is 1. The van der Waals surface area contributed by atoms with Gasteiger partial charge < -0.3 is 15.4 Å². The molecule has 0 bridgehead atoms. The highest BCUT2D eigenvalue weighted by Crippen LogP contribution is 2.26. The van der Waals surface area contributed by atoms with Gasteiger partial charge in [0.15, 0.2) is 0 Å². The van der Waals surface area contributed by atoms with Gasteiger partial charge in [-0.15, -0.1) is 0 Å². The summed E-state index contributed by atoms with van der Waals surface area (Å²) in [5.41, 5.74) is 1.68. The van der Waals surface area contributed by atoms with E-state index in [1.807, 2.05) is 0 Å². The van der Waals surface area contributed by atoms with Crippen molar-refractivity contribution in [1.29, 1.82) is 0 Å². The third kappa shape index (κ3) is 4.48. The first-order chi connectivity index (χ1) is 13.6. The molecule has 0 saturated heterocycles. The van der Waals surface area contributed by atoms with Gasteiger partial charge >= 0.3 is 0 Å². The number of carbonyl (C=O) groups is 1. The largest absolute Gasteiger partial charge is 0.383 e. The van der Waals surface area contributed by atoms with Crippen LogP contribution in [0.2, 0.25) is 0 Å². The summed E-state index contributed by atoms with van der Waals surface area (Å²) in [7, 11) is 1.54. The molecule has 1 heterocycles. The van der Waals surface area contributed by atoms with Gasteiger partial charge in [-0.1, -0.05) is 0 Å². The maximum absolute atomic E-state index is 12.5. The molecule has 1 amide bonds. The molecule has 10 heteroatoms. The zero-order valence-corrected chi connectivity index (χ0v) is 15.0. The first-order valence-electron chi connectivity index (χ1n) is 8.36. The fourth-order valence-electron chi connectivity index (χ4n) is 2.50. The Morgan fingerprint density at radius 2 is 2.04 bits per heavy atom. The van der Waals surface area contributed by atoms with Gasteiger partial charge in [-0.25, -0.2) is 9.67 Å². The number of aromatic nitrogens is 3. The van der Waals surface area contributed by atoms with Crippen LogP contribution in [0, 0.1) is 10.1 Å². The predicted octanol–water partition coefficient (Wildman–Crippen LogP) is 2.49. The molecule has 1 aromatic heterocycles. The first kappa shape index (κ1) is 19.0. The Morgan fingerprint density at radius 1 is 1.25 bits per heavy atom. The van der Waals surface area contributed by atoms with E-state index < -0.39 is 10.8 Å². The van der Waals surface area contributed by atoms with Crippen molar-refractivity contribution in [1.82, 2.24) is 14.8 Å². The smallest absolute Gasteiger partial charge is 0.293 e. The lowest BCUT2D eigenvalue weighted by Gasteiger charge is -2.09. The van der Waals surface area contributed by atoms with Gasteiger partial charge in [0.25, 0.3) is 11.6 Å². The van der Waals surface area contributed by atoms with Crippen molar-refractivity contribution in [3.8, 4) is 5.69 Å². The van der Waals surface area contributed by atoms with Crippen LogP contribution in [0.5, 0.6) is 0 Å². The molecule has 0 spiro atoms. The van der Waals surface area contributed by atoms with Crippen molar-refractivity contribution >= 4 is 23.0 Å². The summed E-state index contributed by atoms with van der Waals surface area (Å²) in [5, 5.41) is 21.0. The zero-order valence-electron chi connectivity index (χ0n) is 15.0. The highest BCUT2D eigenvalue weighted by molar-refractivity contribution is 6.05. The molecule has 28 heavy (non-hydrogen) atoms. The minimum Gasteiger partial charge on any atom is -0.383 e. The summed E-state index contributed by atoms with van der Waals surface area (Å²) >= 11 is 0. The summed E-state index contributed by atoms with van der Waals surface area (Å²) in [4.78, 5) is 27.1. The van der Waals surface area contributed by atoms with Gasteiger partial charge in [0.1, 0.15) is 18.3 Å². The third-order valence-corrected chi connectivity index (χ3v) is 3.89. The van der Waals surface area contributed by atoms with E-state index >= 15 is 0 Å². The normalized spacial score (nSPS) is 10.5. The fraction of sp³-hybridized carbons (Fsp3) is 0.167. The molecule has 0 unspecified atom stereocenters. The van der Waals surface area contributed by atoms with E-state index in [-0.39, 0.29) is 11.3 Å². The maximum Gasteiger partial charge on any atom is 0.293 e. The van der Waals surface area contributed by atoms with E-state index in [1.165, 1.54) is 24.5 Å². The zero-order chi connectivity index (χ0) is 19.9. The van der Waals surface area contributed by atoms with Gasteiger partial charge in [0, 0.05) is 31.0 Å². The molecular formula is C18H18N6O4. The Hall–Kier alpha value is -3.79. The van der Waals surface area contributed by atoms with Gasteiger partial charge in [0.2, 0.25) is 0 Å². The van der Waals surface area contributed by atoms with Crippen LogP contribution in [-0.2, 0) is 4.74 Å². The SMILES string of the molecule is COCCNc1ccc(C(=O)Nc2ccc(-n3cncn3)cc2)cc1[N+](=O)[O-]. The molecule has 0 atom stereocenters. The van der Waals surface area contributed by atoms with Gasteiger partial charge in [-0.2, -0.15) is 5.10 Å². The summed E-state index contributed by atoms with van der Waals surface area (Å²) in [6, 6.07) is 11.3. The van der Waals surface area contributed by atoms with Crippen molar-refractivity contribution < 1.29 is 14.5 Å². The number of hydrogen-bond donors (Lipinski definition) is 2. The van der Waals surface area contributed by atoms with E-state index in [2.05, 4.69) is 20.7 Å². The second-order valence-electron chi connectivity index (χ2n) is 5.75. The Kier molecular flexibility index (Phi) is 5.92. The standard InChI is InChI=1S/C18H18N6O4/c1-28-9-8-20-16-7-2-13(10-17(16)24(26)27)18(25)22-14-3-5-15(6-4-14)23-12-19-11-21-23/h2-7,10-12,20H,8-9H2,1H3,(H,22,25). The van der Waals surface area contributed by atoms with Crippen molar-refractivity contribution in [2.24, 2.45) is 0 Å². The van der Waals surface area contributed by atoms with E-state index in [4.69, 9.17) is 4.74 Å². The Labute approximate surface area is 160 Å². The van der Waals surface area contributed by atoms with Crippen molar-refractivity contribution in [2.75, 3.05) is 30.9 Å². The number of nitrogens with one attached hydrogen (secondary N) is 2. The van der Waals surface area contributed by atoms with E-state index in [9.17, 15) is 14.9 Å². The molecule has 3 aromatic rings. The molecule has 0 aliphatic carbocycles. The quantitative estimate of drug-likeness (QED) is 0.348. The summed E-state index contributed by atoms with van der Waals surface area (Å²) in [6.07, 6.45) is 2.99. The number of nitrogens with zero attached hydrogens (tertiary/aromatic N) is 4. The van der Waals surface area contributed by atoms with E-state index in [0.717, 1.165) is 5.69 Å². The topological polar surface area (TPSA) is 124 Å².